The lowest BCUT2D eigenvalue weighted by molar-refractivity contribution is 0.0697. The Hall–Kier alpha value is -5.96. The minimum Gasteiger partial charge on any atom is -0.493 e. The number of allylic oxidation sites excluding steroid dienone is 1. The second kappa shape index (κ2) is 12.1. The third kappa shape index (κ3) is 5.58. The van der Waals surface area contributed by atoms with Crippen LogP contribution in [0.2, 0.25) is 0 Å². The topological polar surface area (TPSA) is 116 Å². The maximum absolute atomic E-state index is 13.7. The average Bonchev–Trinajstić information content (AvgIpc) is 3.48. The summed E-state index contributed by atoms with van der Waals surface area (Å²) in [5.74, 6) is 0.689. The monoisotopic (exact) mass is 585 g/mol. The highest BCUT2D eigenvalue weighted by atomic mass is 16.5. The summed E-state index contributed by atoms with van der Waals surface area (Å²) >= 11 is 0. The summed E-state index contributed by atoms with van der Waals surface area (Å²) in [4.78, 5) is 29.6. The molecule has 0 fully saturated rings. The van der Waals surface area contributed by atoms with E-state index in [1.165, 1.54) is 16.8 Å². The number of methoxy groups -OCH3 is 1. The predicted octanol–water partition coefficient (Wildman–Crippen LogP) is 6.71. The molecule has 9 nitrogen and oxygen atoms in total. The van der Waals surface area contributed by atoms with Gasteiger partial charge >= 0.3 is 5.97 Å². The molecule has 9 heteroatoms. The molecule has 0 bridgehead atoms. The molecule has 6 rings (SSSR count). The number of ether oxygens (including phenoxy) is 2. The van der Waals surface area contributed by atoms with Crippen molar-refractivity contribution in [1.29, 1.82) is 0 Å². The minimum atomic E-state index is -0.990. The van der Waals surface area contributed by atoms with E-state index in [9.17, 15) is 9.59 Å². The standard InChI is InChI=1S/C35H27N3O6/c1-3-8-26-17-23(18-30(42-2)32(26)43-21-22-13-15-24(16-14-22)35(40)41)20-36-38-33(31-19-25-9-4-7-12-29(25)44-31)37-28-11-6-5-10-27(28)34(38)39/h3-7,9-20H,1,8,21H2,2H3,(H,40,41). The van der Waals surface area contributed by atoms with Crippen molar-refractivity contribution < 1.29 is 23.8 Å². The Balaban J connectivity index is 1.39. The fourth-order valence-electron chi connectivity index (χ4n) is 4.89. The van der Waals surface area contributed by atoms with Crippen LogP contribution in [0, 0.1) is 0 Å². The van der Waals surface area contributed by atoms with E-state index in [0.29, 0.717) is 45.7 Å². The number of para-hydroxylation sites is 2. The summed E-state index contributed by atoms with van der Waals surface area (Å²) < 4.78 is 19.1. The van der Waals surface area contributed by atoms with Crippen LogP contribution in [0.15, 0.2) is 118 Å². The number of benzene rings is 4. The maximum Gasteiger partial charge on any atom is 0.335 e. The quantitative estimate of drug-likeness (QED) is 0.140. The lowest BCUT2D eigenvalue weighted by atomic mass is 10.1. The predicted molar refractivity (Wildman–Crippen MR) is 169 cm³/mol. The molecular formula is C35H27N3O6. The van der Waals surface area contributed by atoms with Crippen molar-refractivity contribution in [1.82, 2.24) is 9.66 Å². The number of rotatable bonds is 10. The number of fused-ring (bicyclic) bond motifs is 2. The van der Waals surface area contributed by atoms with Gasteiger partial charge in [0, 0.05) is 10.9 Å². The number of aromatic nitrogens is 2. The van der Waals surface area contributed by atoms with Crippen LogP contribution in [0.1, 0.15) is 27.0 Å². The van der Waals surface area contributed by atoms with Crippen LogP contribution in [-0.2, 0) is 13.0 Å². The van der Waals surface area contributed by atoms with Crippen LogP contribution < -0.4 is 15.0 Å². The molecule has 0 aliphatic heterocycles. The molecule has 4 aromatic carbocycles. The largest absolute Gasteiger partial charge is 0.493 e. The molecule has 6 aromatic rings. The van der Waals surface area contributed by atoms with Gasteiger partial charge in [-0.3, -0.25) is 4.79 Å². The summed E-state index contributed by atoms with van der Waals surface area (Å²) in [5.41, 5.74) is 3.33. The number of furan rings is 1. The van der Waals surface area contributed by atoms with Crippen molar-refractivity contribution in [2.24, 2.45) is 5.10 Å². The lowest BCUT2D eigenvalue weighted by Crippen LogP contribution is -2.20. The molecule has 0 saturated carbocycles. The van der Waals surface area contributed by atoms with E-state index in [4.69, 9.17) is 24.0 Å². The second-order valence-corrected chi connectivity index (χ2v) is 9.96. The SMILES string of the molecule is C=CCc1cc(C=Nn2c(-c3cc4ccccc4o3)nc3ccccc3c2=O)cc(OC)c1OCc1ccc(C(=O)O)cc1. The first-order chi connectivity index (χ1) is 21.4. The van der Waals surface area contributed by atoms with E-state index in [2.05, 4.69) is 11.7 Å². The molecule has 0 aliphatic carbocycles. The summed E-state index contributed by atoms with van der Waals surface area (Å²) in [7, 11) is 1.54. The lowest BCUT2D eigenvalue weighted by Gasteiger charge is -2.16. The molecule has 0 amide bonds. The van der Waals surface area contributed by atoms with Crippen molar-refractivity contribution in [3.63, 3.8) is 0 Å². The van der Waals surface area contributed by atoms with E-state index < -0.39 is 5.97 Å². The highest BCUT2D eigenvalue weighted by Crippen LogP contribution is 2.34. The van der Waals surface area contributed by atoms with Crippen LogP contribution in [0.5, 0.6) is 11.5 Å². The third-order valence-corrected chi connectivity index (χ3v) is 7.04. The first-order valence-electron chi connectivity index (χ1n) is 13.8. The molecule has 0 spiro atoms. The van der Waals surface area contributed by atoms with Gasteiger partial charge in [-0.05, 0) is 66.1 Å². The molecule has 2 heterocycles. The minimum absolute atomic E-state index is 0.200. The molecule has 0 atom stereocenters. The van der Waals surface area contributed by atoms with Gasteiger partial charge in [-0.1, -0.05) is 48.5 Å². The average molecular weight is 586 g/mol. The zero-order valence-corrected chi connectivity index (χ0v) is 23.8. The summed E-state index contributed by atoms with van der Waals surface area (Å²) in [6.07, 6.45) is 3.79. The molecule has 44 heavy (non-hydrogen) atoms. The van der Waals surface area contributed by atoms with Gasteiger partial charge < -0.3 is 19.0 Å². The Bertz CT molecular complexity index is 2080. The van der Waals surface area contributed by atoms with Crippen LogP contribution in [0.25, 0.3) is 33.5 Å². The van der Waals surface area contributed by atoms with Crippen molar-refractivity contribution in [2.45, 2.75) is 13.0 Å². The van der Waals surface area contributed by atoms with Gasteiger partial charge in [0.15, 0.2) is 17.3 Å². The Morgan fingerprint density at radius 3 is 2.57 bits per heavy atom. The van der Waals surface area contributed by atoms with Gasteiger partial charge in [0.1, 0.15) is 12.2 Å². The van der Waals surface area contributed by atoms with E-state index in [-0.39, 0.29) is 23.6 Å². The summed E-state index contributed by atoms with van der Waals surface area (Å²) in [6, 6.07) is 26.6. The molecule has 2 aromatic heterocycles. The van der Waals surface area contributed by atoms with E-state index in [1.807, 2.05) is 42.5 Å². The van der Waals surface area contributed by atoms with E-state index in [0.717, 1.165) is 16.5 Å². The number of carboxylic acids is 1. The number of carbonyl (C=O) groups is 1. The molecule has 0 unspecified atom stereocenters. The summed E-state index contributed by atoms with van der Waals surface area (Å²) in [6.45, 7) is 4.08. The Labute approximate surface area is 251 Å². The molecule has 0 radical (unpaired) electrons. The van der Waals surface area contributed by atoms with E-state index >= 15 is 0 Å². The Kier molecular flexibility index (Phi) is 7.75. The van der Waals surface area contributed by atoms with Gasteiger partial charge in [-0.25, -0.2) is 9.78 Å². The number of nitrogens with zero attached hydrogens (tertiary/aromatic N) is 3. The molecule has 0 saturated heterocycles. The Morgan fingerprint density at radius 1 is 1.05 bits per heavy atom. The fraction of sp³-hybridized carbons (Fsp3) is 0.0857. The van der Waals surface area contributed by atoms with E-state index in [1.54, 1.807) is 55.8 Å². The van der Waals surface area contributed by atoms with Crippen molar-refractivity contribution >= 4 is 34.1 Å². The second-order valence-electron chi connectivity index (χ2n) is 9.96. The van der Waals surface area contributed by atoms with Crippen LogP contribution in [-0.4, -0.2) is 34.1 Å². The number of carboxylic acid groups (broad SMARTS) is 1. The zero-order valence-electron chi connectivity index (χ0n) is 23.8. The van der Waals surface area contributed by atoms with Crippen molar-refractivity contribution in [3.8, 4) is 23.1 Å². The van der Waals surface area contributed by atoms with Gasteiger partial charge in [0.2, 0.25) is 5.82 Å². The smallest absolute Gasteiger partial charge is 0.335 e. The van der Waals surface area contributed by atoms with Gasteiger partial charge in [-0.2, -0.15) is 9.78 Å². The summed E-state index contributed by atoms with van der Waals surface area (Å²) in [5, 5.41) is 15.0. The zero-order chi connectivity index (χ0) is 30.6. The Morgan fingerprint density at radius 2 is 1.82 bits per heavy atom. The van der Waals surface area contributed by atoms with Gasteiger partial charge in [0.05, 0.1) is 29.8 Å². The molecule has 0 aliphatic rings. The molecule has 1 N–H and O–H groups in total. The molecule has 218 valence electrons. The highest BCUT2D eigenvalue weighted by Gasteiger charge is 2.17. The van der Waals surface area contributed by atoms with Gasteiger partial charge in [-0.15, -0.1) is 6.58 Å². The normalized spacial score (nSPS) is 11.3. The molecular weight excluding hydrogens is 558 g/mol. The number of hydrogen-bond acceptors (Lipinski definition) is 7. The first-order valence-corrected chi connectivity index (χ1v) is 13.8. The van der Waals surface area contributed by atoms with Crippen molar-refractivity contribution in [2.75, 3.05) is 7.11 Å². The highest BCUT2D eigenvalue weighted by molar-refractivity contribution is 5.87. The van der Waals surface area contributed by atoms with Crippen molar-refractivity contribution in [3.05, 3.63) is 136 Å². The van der Waals surface area contributed by atoms with Crippen LogP contribution in [0.4, 0.5) is 0 Å². The number of hydrogen-bond donors (Lipinski definition) is 1. The van der Waals surface area contributed by atoms with Gasteiger partial charge in [0.25, 0.3) is 5.56 Å². The van der Waals surface area contributed by atoms with Crippen LogP contribution >= 0.6 is 0 Å². The number of aromatic carboxylic acids is 1. The fourth-order valence-corrected chi connectivity index (χ4v) is 4.89. The first kappa shape index (κ1) is 28.2. The maximum atomic E-state index is 13.7. The third-order valence-electron chi connectivity index (χ3n) is 7.04. The van der Waals surface area contributed by atoms with Crippen LogP contribution in [0.3, 0.4) is 0 Å².